The van der Waals surface area contributed by atoms with Crippen LogP contribution in [0.15, 0.2) is 23.2 Å². The average Bonchev–Trinajstić information content (AvgIpc) is 2.84. The molecule has 1 unspecified atom stereocenters. The number of aryl methyl sites for hydroxylation is 2. The molecule has 2 aliphatic carbocycles. The lowest BCUT2D eigenvalue weighted by Gasteiger charge is -2.38. The summed E-state index contributed by atoms with van der Waals surface area (Å²) >= 11 is 0. The Hall–Kier alpha value is -1.36. The quantitative estimate of drug-likeness (QED) is 0.662. The number of fused-ring (bicyclic) bond motifs is 1. The fraction of sp³-hybridized carbons (Fsp3) is 0.562. The number of hydrogen-bond donors (Lipinski definition) is 2. The van der Waals surface area contributed by atoms with E-state index in [1.54, 1.807) is 6.26 Å². The maximum atomic E-state index is 11.8. The monoisotopic (exact) mass is 305 g/mol. The average molecular weight is 305 g/mol. The molecular weight excluding hydrogens is 282 g/mol. The van der Waals surface area contributed by atoms with Gasteiger partial charge < -0.3 is 11.1 Å². The van der Waals surface area contributed by atoms with Crippen LogP contribution in [0.1, 0.15) is 36.8 Å². The second-order valence-corrected chi connectivity index (χ2v) is 7.93. The van der Waals surface area contributed by atoms with Crippen molar-refractivity contribution in [2.75, 3.05) is 18.1 Å². The highest BCUT2D eigenvalue weighted by Crippen LogP contribution is 2.37. The fourth-order valence-corrected chi connectivity index (χ4v) is 4.28. The zero-order valence-electron chi connectivity index (χ0n) is 12.5. The number of guanidine groups is 1. The first-order chi connectivity index (χ1) is 10.1. The number of nitrogens with zero attached hydrogens (tertiary/aromatic N) is 1. The van der Waals surface area contributed by atoms with Crippen LogP contribution in [-0.4, -0.2) is 27.7 Å². The number of hydrogen-bond acceptors (Lipinski definition) is 2. The third kappa shape index (κ3) is 2.98. The predicted molar refractivity (Wildman–Crippen MR) is 89.2 cm³/mol. The standard InChI is InChI=1S/C16H23N3OS/c1-21(20)16(8-3-9-16)11-18-15(17)19-14-7-6-12-4-2-5-13(12)10-14/h6-7,10H,2-5,8-9,11H2,1H3,(H3,17,18,19). The molecule has 0 spiro atoms. The van der Waals surface area contributed by atoms with Crippen LogP contribution in [0.5, 0.6) is 0 Å². The molecule has 1 fully saturated rings. The van der Waals surface area contributed by atoms with E-state index in [1.807, 2.05) is 0 Å². The number of aliphatic imine (C=N–C) groups is 1. The molecule has 0 radical (unpaired) electrons. The Balaban J connectivity index is 1.64. The Morgan fingerprint density at radius 2 is 2.10 bits per heavy atom. The van der Waals surface area contributed by atoms with Crippen molar-refractivity contribution in [1.82, 2.24) is 0 Å². The van der Waals surface area contributed by atoms with Gasteiger partial charge in [0.25, 0.3) is 0 Å². The largest absolute Gasteiger partial charge is 0.370 e. The SMILES string of the molecule is CS(=O)C1(CN=C(N)Nc2ccc3c(c2)CCC3)CCC1. The van der Waals surface area contributed by atoms with Gasteiger partial charge in [0.1, 0.15) is 0 Å². The number of benzene rings is 1. The summed E-state index contributed by atoms with van der Waals surface area (Å²) in [6, 6.07) is 6.40. The first kappa shape index (κ1) is 14.6. The van der Waals surface area contributed by atoms with E-state index in [-0.39, 0.29) is 4.75 Å². The fourth-order valence-electron chi connectivity index (χ4n) is 3.17. The van der Waals surface area contributed by atoms with Gasteiger partial charge in [-0.1, -0.05) is 12.5 Å². The van der Waals surface area contributed by atoms with Gasteiger partial charge >= 0.3 is 0 Å². The molecule has 2 aliphatic rings. The molecule has 21 heavy (non-hydrogen) atoms. The van der Waals surface area contributed by atoms with Crippen molar-refractivity contribution in [3.63, 3.8) is 0 Å². The minimum atomic E-state index is -0.835. The van der Waals surface area contributed by atoms with Crippen molar-refractivity contribution in [1.29, 1.82) is 0 Å². The number of anilines is 1. The highest BCUT2D eigenvalue weighted by Gasteiger charge is 2.40. The van der Waals surface area contributed by atoms with Crippen LogP contribution < -0.4 is 11.1 Å². The normalized spacial score (nSPS) is 21.5. The highest BCUT2D eigenvalue weighted by molar-refractivity contribution is 7.85. The Kier molecular flexibility index (Phi) is 4.02. The Morgan fingerprint density at radius 3 is 2.76 bits per heavy atom. The maximum absolute atomic E-state index is 11.8. The molecule has 3 N–H and O–H groups in total. The molecule has 0 aromatic heterocycles. The van der Waals surface area contributed by atoms with E-state index in [2.05, 4.69) is 28.5 Å². The van der Waals surface area contributed by atoms with Crippen LogP contribution in [-0.2, 0) is 23.6 Å². The lowest BCUT2D eigenvalue weighted by atomic mass is 9.84. The summed E-state index contributed by atoms with van der Waals surface area (Å²) in [6.07, 6.45) is 8.49. The second kappa shape index (κ2) is 5.79. The van der Waals surface area contributed by atoms with Gasteiger partial charge in [-0.05, 0) is 55.4 Å². The summed E-state index contributed by atoms with van der Waals surface area (Å²) in [7, 11) is -0.835. The zero-order chi connectivity index (χ0) is 14.9. The van der Waals surface area contributed by atoms with E-state index in [0.29, 0.717) is 12.5 Å². The van der Waals surface area contributed by atoms with Gasteiger partial charge in [-0.15, -0.1) is 0 Å². The number of nitrogens with one attached hydrogen (secondary N) is 1. The van der Waals surface area contributed by atoms with E-state index in [1.165, 1.54) is 24.0 Å². The minimum absolute atomic E-state index is 0.135. The van der Waals surface area contributed by atoms with Gasteiger partial charge in [-0.2, -0.15) is 0 Å². The molecule has 1 atom stereocenters. The molecule has 1 aromatic carbocycles. The van der Waals surface area contributed by atoms with E-state index >= 15 is 0 Å². The summed E-state index contributed by atoms with van der Waals surface area (Å²) in [5, 5.41) is 3.16. The molecule has 0 saturated heterocycles. The first-order valence-electron chi connectivity index (χ1n) is 7.61. The zero-order valence-corrected chi connectivity index (χ0v) is 13.3. The Bertz CT molecular complexity index is 593. The third-order valence-electron chi connectivity index (χ3n) is 4.78. The van der Waals surface area contributed by atoms with Crippen LogP contribution >= 0.6 is 0 Å². The summed E-state index contributed by atoms with van der Waals surface area (Å²) in [5.41, 5.74) is 9.84. The van der Waals surface area contributed by atoms with Crippen LogP contribution in [0.25, 0.3) is 0 Å². The van der Waals surface area contributed by atoms with Crippen molar-refractivity contribution >= 4 is 22.4 Å². The van der Waals surface area contributed by atoms with E-state index in [0.717, 1.165) is 31.4 Å². The predicted octanol–water partition coefficient (Wildman–Crippen LogP) is 2.20. The number of rotatable bonds is 4. The topological polar surface area (TPSA) is 67.5 Å². The Labute approximate surface area is 128 Å². The molecule has 4 nitrogen and oxygen atoms in total. The van der Waals surface area contributed by atoms with Crippen molar-refractivity contribution in [2.24, 2.45) is 10.7 Å². The number of nitrogens with two attached hydrogens (primary N) is 1. The third-order valence-corrected chi connectivity index (χ3v) is 6.54. The molecule has 114 valence electrons. The van der Waals surface area contributed by atoms with Gasteiger partial charge in [-0.25, -0.2) is 0 Å². The molecule has 5 heteroatoms. The molecule has 0 heterocycles. The summed E-state index contributed by atoms with van der Waals surface area (Å²) < 4.78 is 11.7. The van der Waals surface area contributed by atoms with Gasteiger partial charge in [0.15, 0.2) is 5.96 Å². The minimum Gasteiger partial charge on any atom is -0.370 e. The molecular formula is C16H23N3OS. The second-order valence-electron chi connectivity index (χ2n) is 6.15. The molecule has 1 aromatic rings. The van der Waals surface area contributed by atoms with Crippen molar-refractivity contribution in [2.45, 2.75) is 43.3 Å². The summed E-state index contributed by atoms with van der Waals surface area (Å²) in [5.74, 6) is 0.421. The molecule has 0 bridgehead atoms. The van der Waals surface area contributed by atoms with Crippen molar-refractivity contribution in [3.8, 4) is 0 Å². The first-order valence-corrected chi connectivity index (χ1v) is 9.17. The van der Waals surface area contributed by atoms with Crippen LogP contribution in [0.4, 0.5) is 5.69 Å². The van der Waals surface area contributed by atoms with Gasteiger partial charge in [-0.3, -0.25) is 9.20 Å². The maximum Gasteiger partial charge on any atom is 0.193 e. The van der Waals surface area contributed by atoms with Gasteiger partial charge in [0, 0.05) is 22.7 Å². The van der Waals surface area contributed by atoms with Crippen LogP contribution in [0.3, 0.4) is 0 Å². The summed E-state index contributed by atoms with van der Waals surface area (Å²) in [4.78, 5) is 4.42. The molecule has 0 aliphatic heterocycles. The lowest BCUT2D eigenvalue weighted by molar-refractivity contribution is 0.361. The lowest BCUT2D eigenvalue weighted by Crippen LogP contribution is -2.44. The van der Waals surface area contributed by atoms with Gasteiger partial charge in [0.05, 0.1) is 11.3 Å². The van der Waals surface area contributed by atoms with Crippen molar-refractivity contribution < 1.29 is 4.21 Å². The Morgan fingerprint density at radius 1 is 1.33 bits per heavy atom. The smallest absolute Gasteiger partial charge is 0.193 e. The van der Waals surface area contributed by atoms with Crippen molar-refractivity contribution in [3.05, 3.63) is 29.3 Å². The highest BCUT2D eigenvalue weighted by atomic mass is 32.2. The van der Waals surface area contributed by atoms with Gasteiger partial charge in [0.2, 0.25) is 0 Å². The summed E-state index contributed by atoms with van der Waals surface area (Å²) in [6.45, 7) is 0.555. The van der Waals surface area contributed by atoms with E-state index < -0.39 is 10.8 Å². The van der Waals surface area contributed by atoms with Crippen LogP contribution in [0, 0.1) is 0 Å². The van der Waals surface area contributed by atoms with E-state index in [4.69, 9.17) is 5.73 Å². The molecule has 1 saturated carbocycles. The van der Waals surface area contributed by atoms with Crippen LogP contribution in [0.2, 0.25) is 0 Å². The van der Waals surface area contributed by atoms with E-state index in [9.17, 15) is 4.21 Å². The molecule has 3 rings (SSSR count). The molecule has 0 amide bonds.